The molecule has 2 heterocycles. The van der Waals surface area contributed by atoms with Crippen molar-refractivity contribution in [3.63, 3.8) is 0 Å². The summed E-state index contributed by atoms with van der Waals surface area (Å²) in [6.07, 6.45) is 3.44. The lowest BCUT2D eigenvalue weighted by Crippen LogP contribution is -2.04. The predicted octanol–water partition coefficient (Wildman–Crippen LogP) is 1.98. The largest absolute Gasteiger partial charge is 0.496 e. The molecule has 6 nitrogen and oxygen atoms in total. The van der Waals surface area contributed by atoms with Crippen LogP contribution in [0.3, 0.4) is 0 Å². The SMILES string of the molecule is COc1cccc2c(NCc3ncn(C)n3)nccc12. The highest BCUT2D eigenvalue weighted by Crippen LogP contribution is 2.28. The number of methoxy groups -OCH3 is 1. The first-order valence-corrected chi connectivity index (χ1v) is 6.28. The van der Waals surface area contributed by atoms with Gasteiger partial charge in [0, 0.05) is 24.0 Å². The number of rotatable bonds is 4. The van der Waals surface area contributed by atoms with E-state index in [1.165, 1.54) is 0 Å². The summed E-state index contributed by atoms with van der Waals surface area (Å²) in [7, 11) is 3.51. The maximum absolute atomic E-state index is 5.36. The zero-order chi connectivity index (χ0) is 13.9. The van der Waals surface area contributed by atoms with E-state index in [1.807, 2.05) is 31.3 Å². The maximum atomic E-state index is 5.36. The molecule has 0 fully saturated rings. The number of ether oxygens (including phenoxy) is 1. The summed E-state index contributed by atoms with van der Waals surface area (Å²) < 4.78 is 7.04. The standard InChI is InChI=1S/C14H15N5O/c1-19-9-17-13(18-19)8-16-14-11-4-3-5-12(20-2)10(11)6-7-15-14/h3-7,9H,8H2,1-2H3,(H,15,16). The Hall–Kier alpha value is -2.63. The lowest BCUT2D eigenvalue weighted by Gasteiger charge is -2.09. The first kappa shape index (κ1) is 12.4. The van der Waals surface area contributed by atoms with E-state index in [-0.39, 0.29) is 0 Å². The van der Waals surface area contributed by atoms with Crippen LogP contribution in [0.15, 0.2) is 36.8 Å². The third-order valence-corrected chi connectivity index (χ3v) is 3.05. The van der Waals surface area contributed by atoms with Crippen molar-refractivity contribution in [3.05, 3.63) is 42.6 Å². The minimum Gasteiger partial charge on any atom is -0.496 e. The average Bonchev–Trinajstić information content (AvgIpc) is 2.90. The van der Waals surface area contributed by atoms with Crippen LogP contribution < -0.4 is 10.1 Å². The number of fused-ring (bicyclic) bond motifs is 1. The highest BCUT2D eigenvalue weighted by atomic mass is 16.5. The van der Waals surface area contributed by atoms with Crippen LogP contribution in [0.5, 0.6) is 5.75 Å². The summed E-state index contributed by atoms with van der Waals surface area (Å²) in [5.74, 6) is 2.37. The number of nitrogens with one attached hydrogen (secondary N) is 1. The number of hydrogen-bond donors (Lipinski definition) is 1. The number of benzene rings is 1. The second-order valence-electron chi connectivity index (χ2n) is 4.40. The summed E-state index contributed by atoms with van der Waals surface area (Å²) in [5, 5.41) is 9.54. The van der Waals surface area contributed by atoms with Crippen molar-refractivity contribution in [1.29, 1.82) is 0 Å². The number of aromatic nitrogens is 4. The molecule has 0 saturated carbocycles. The zero-order valence-corrected chi connectivity index (χ0v) is 11.4. The van der Waals surface area contributed by atoms with Crippen molar-refractivity contribution >= 4 is 16.6 Å². The fourth-order valence-electron chi connectivity index (χ4n) is 2.12. The van der Waals surface area contributed by atoms with Gasteiger partial charge in [-0.05, 0) is 12.1 Å². The average molecular weight is 269 g/mol. The predicted molar refractivity (Wildman–Crippen MR) is 76.6 cm³/mol. The first-order valence-electron chi connectivity index (χ1n) is 6.28. The molecule has 2 aromatic heterocycles. The van der Waals surface area contributed by atoms with Gasteiger partial charge in [-0.25, -0.2) is 9.97 Å². The monoisotopic (exact) mass is 269 g/mol. The quantitative estimate of drug-likeness (QED) is 0.784. The zero-order valence-electron chi connectivity index (χ0n) is 11.4. The van der Waals surface area contributed by atoms with E-state index >= 15 is 0 Å². The Morgan fingerprint density at radius 1 is 1.20 bits per heavy atom. The molecule has 0 spiro atoms. The van der Waals surface area contributed by atoms with Gasteiger partial charge in [-0.2, -0.15) is 5.10 Å². The van der Waals surface area contributed by atoms with Crippen molar-refractivity contribution < 1.29 is 4.74 Å². The van der Waals surface area contributed by atoms with Crippen molar-refractivity contribution in [2.45, 2.75) is 6.54 Å². The van der Waals surface area contributed by atoms with Gasteiger partial charge in [0.15, 0.2) is 5.82 Å². The number of aryl methyl sites for hydroxylation is 1. The van der Waals surface area contributed by atoms with E-state index in [9.17, 15) is 0 Å². The minimum absolute atomic E-state index is 0.532. The van der Waals surface area contributed by atoms with Crippen LogP contribution in [0.2, 0.25) is 0 Å². The molecule has 6 heteroatoms. The van der Waals surface area contributed by atoms with E-state index in [0.717, 1.165) is 28.2 Å². The van der Waals surface area contributed by atoms with Gasteiger partial charge in [0.2, 0.25) is 0 Å². The van der Waals surface area contributed by atoms with Crippen molar-refractivity contribution in [3.8, 4) is 5.75 Å². The normalized spacial score (nSPS) is 10.7. The molecule has 0 bridgehead atoms. The smallest absolute Gasteiger partial charge is 0.169 e. The van der Waals surface area contributed by atoms with Crippen molar-refractivity contribution in [1.82, 2.24) is 19.7 Å². The Morgan fingerprint density at radius 2 is 2.10 bits per heavy atom. The van der Waals surface area contributed by atoms with Gasteiger partial charge in [-0.1, -0.05) is 12.1 Å². The van der Waals surface area contributed by atoms with E-state index in [4.69, 9.17) is 4.74 Å². The number of anilines is 1. The molecular formula is C14H15N5O. The maximum Gasteiger partial charge on any atom is 0.169 e. The molecule has 1 aromatic carbocycles. The van der Waals surface area contributed by atoms with Gasteiger partial charge in [0.25, 0.3) is 0 Å². The summed E-state index contributed by atoms with van der Waals surface area (Å²) in [6, 6.07) is 7.84. The Labute approximate surface area is 116 Å². The number of hydrogen-bond acceptors (Lipinski definition) is 5. The van der Waals surface area contributed by atoms with Gasteiger partial charge < -0.3 is 10.1 Å². The fraction of sp³-hybridized carbons (Fsp3) is 0.214. The van der Waals surface area contributed by atoms with Crippen molar-refractivity contribution in [2.24, 2.45) is 7.05 Å². The van der Waals surface area contributed by atoms with Crippen LogP contribution in [0, 0.1) is 0 Å². The Morgan fingerprint density at radius 3 is 2.85 bits per heavy atom. The second-order valence-corrected chi connectivity index (χ2v) is 4.40. The van der Waals surface area contributed by atoms with Crippen LogP contribution in [0.1, 0.15) is 5.82 Å². The van der Waals surface area contributed by atoms with Crippen molar-refractivity contribution in [2.75, 3.05) is 12.4 Å². The van der Waals surface area contributed by atoms with E-state index in [2.05, 4.69) is 20.4 Å². The van der Waals surface area contributed by atoms with Crippen LogP contribution >= 0.6 is 0 Å². The number of pyridine rings is 1. The summed E-state index contributed by atoms with van der Waals surface area (Å²) >= 11 is 0. The molecule has 0 amide bonds. The molecule has 102 valence electrons. The fourth-order valence-corrected chi connectivity index (χ4v) is 2.12. The second kappa shape index (κ2) is 5.16. The highest BCUT2D eigenvalue weighted by molar-refractivity contribution is 5.95. The molecule has 0 unspecified atom stereocenters. The Balaban J connectivity index is 1.91. The number of nitrogens with zero attached hydrogens (tertiary/aromatic N) is 4. The van der Waals surface area contributed by atoms with E-state index in [0.29, 0.717) is 6.54 Å². The van der Waals surface area contributed by atoms with Crippen LogP contribution in [0.25, 0.3) is 10.8 Å². The first-order chi connectivity index (χ1) is 9.78. The van der Waals surface area contributed by atoms with Crippen LogP contribution in [0.4, 0.5) is 5.82 Å². The molecule has 3 aromatic rings. The Bertz CT molecular complexity index is 737. The topological polar surface area (TPSA) is 64.9 Å². The Kier molecular flexibility index (Phi) is 3.20. The molecule has 20 heavy (non-hydrogen) atoms. The molecular weight excluding hydrogens is 254 g/mol. The third kappa shape index (κ3) is 2.27. The van der Waals surface area contributed by atoms with Crippen LogP contribution in [-0.4, -0.2) is 26.9 Å². The molecule has 0 aliphatic carbocycles. The summed E-state index contributed by atoms with van der Waals surface area (Å²) in [5.41, 5.74) is 0. The van der Waals surface area contributed by atoms with Gasteiger partial charge in [0.05, 0.1) is 13.7 Å². The van der Waals surface area contributed by atoms with Gasteiger partial charge >= 0.3 is 0 Å². The molecule has 3 rings (SSSR count). The van der Waals surface area contributed by atoms with Gasteiger partial charge in [-0.3, -0.25) is 4.68 Å². The lowest BCUT2D eigenvalue weighted by atomic mass is 10.1. The molecule has 1 N–H and O–H groups in total. The highest BCUT2D eigenvalue weighted by Gasteiger charge is 2.07. The van der Waals surface area contributed by atoms with E-state index < -0.39 is 0 Å². The molecule has 0 aliphatic heterocycles. The summed E-state index contributed by atoms with van der Waals surface area (Å²) in [4.78, 5) is 8.56. The molecule has 0 aliphatic rings. The molecule has 0 radical (unpaired) electrons. The summed E-state index contributed by atoms with van der Waals surface area (Å²) in [6.45, 7) is 0.532. The van der Waals surface area contributed by atoms with E-state index in [1.54, 1.807) is 24.3 Å². The van der Waals surface area contributed by atoms with Crippen LogP contribution in [-0.2, 0) is 13.6 Å². The van der Waals surface area contributed by atoms with Gasteiger partial charge in [0.1, 0.15) is 17.9 Å². The van der Waals surface area contributed by atoms with Gasteiger partial charge in [-0.15, -0.1) is 0 Å². The lowest BCUT2D eigenvalue weighted by molar-refractivity contribution is 0.420. The third-order valence-electron chi connectivity index (χ3n) is 3.05. The molecule has 0 saturated heterocycles. The molecule has 0 atom stereocenters. The minimum atomic E-state index is 0.532.